The van der Waals surface area contributed by atoms with Crippen molar-refractivity contribution in [1.82, 2.24) is 0 Å². The number of hydrogen-bond donors (Lipinski definition) is 1. The Morgan fingerprint density at radius 1 is 1.44 bits per heavy atom. The molecule has 1 fully saturated rings. The summed E-state index contributed by atoms with van der Waals surface area (Å²) in [5.41, 5.74) is 6.38. The molecule has 1 saturated heterocycles. The largest absolute Gasteiger partial charge is 0.326 e. The Labute approximate surface area is 112 Å². The number of carbonyl (C=O) groups excluding carboxylic acids is 1. The first-order valence-electron chi connectivity index (χ1n) is 4.69. The maximum Gasteiger partial charge on any atom is 0.228 e. The minimum absolute atomic E-state index is 0.0163. The first-order valence-corrected chi connectivity index (χ1v) is 6.24. The molecule has 1 heterocycles. The Morgan fingerprint density at radius 2 is 2.12 bits per heavy atom. The van der Waals surface area contributed by atoms with Crippen LogP contribution in [0.2, 0.25) is 10.0 Å². The highest BCUT2D eigenvalue weighted by molar-refractivity contribution is 9.10. The molecule has 1 atom stereocenters. The average molecular weight is 324 g/mol. The number of carbonyl (C=O) groups is 1. The number of anilines is 1. The van der Waals surface area contributed by atoms with E-state index in [-0.39, 0.29) is 11.9 Å². The predicted molar refractivity (Wildman–Crippen MR) is 69.1 cm³/mol. The van der Waals surface area contributed by atoms with Crippen LogP contribution in [0.5, 0.6) is 0 Å². The fraction of sp³-hybridized carbons (Fsp3) is 0.300. The SMILES string of the molecule is NC1CC(=O)N(c2c(Cl)cc(Cl)cc2Br)C1. The van der Waals surface area contributed by atoms with Crippen LogP contribution >= 0.6 is 39.1 Å². The van der Waals surface area contributed by atoms with Gasteiger partial charge >= 0.3 is 0 Å². The Morgan fingerprint density at radius 3 is 2.62 bits per heavy atom. The van der Waals surface area contributed by atoms with Gasteiger partial charge in [-0.25, -0.2) is 0 Å². The highest BCUT2D eigenvalue weighted by Gasteiger charge is 2.30. The third-order valence-corrected chi connectivity index (χ3v) is 3.52. The summed E-state index contributed by atoms with van der Waals surface area (Å²) in [7, 11) is 0. The maximum atomic E-state index is 11.7. The zero-order valence-electron chi connectivity index (χ0n) is 8.21. The number of nitrogens with zero attached hydrogens (tertiary/aromatic N) is 1. The topological polar surface area (TPSA) is 46.3 Å². The summed E-state index contributed by atoms with van der Waals surface area (Å²) in [6.07, 6.45) is 0.353. The molecule has 2 N–H and O–H groups in total. The number of benzene rings is 1. The summed E-state index contributed by atoms with van der Waals surface area (Å²) in [5, 5.41) is 0.971. The van der Waals surface area contributed by atoms with Crippen molar-refractivity contribution >= 4 is 50.7 Å². The second-order valence-corrected chi connectivity index (χ2v) is 5.38. The molecule has 0 spiro atoms. The van der Waals surface area contributed by atoms with Crippen molar-refractivity contribution in [1.29, 1.82) is 0 Å². The maximum absolute atomic E-state index is 11.7. The van der Waals surface area contributed by atoms with E-state index in [4.69, 9.17) is 28.9 Å². The molecule has 0 saturated carbocycles. The third-order valence-electron chi connectivity index (χ3n) is 2.41. The van der Waals surface area contributed by atoms with Gasteiger partial charge in [0.15, 0.2) is 0 Å². The molecule has 1 unspecified atom stereocenters. The number of rotatable bonds is 1. The monoisotopic (exact) mass is 322 g/mol. The summed E-state index contributed by atoms with van der Waals surface area (Å²) in [5.74, 6) is -0.0163. The summed E-state index contributed by atoms with van der Waals surface area (Å²) < 4.78 is 0.701. The second kappa shape index (κ2) is 4.53. The fourth-order valence-corrected chi connectivity index (χ4v) is 3.26. The lowest BCUT2D eigenvalue weighted by atomic mass is 10.3. The lowest BCUT2D eigenvalue weighted by Gasteiger charge is -2.19. The van der Waals surface area contributed by atoms with Gasteiger partial charge in [-0.05, 0) is 28.1 Å². The molecule has 1 aliphatic heterocycles. The van der Waals surface area contributed by atoms with Crippen LogP contribution in [0.25, 0.3) is 0 Å². The van der Waals surface area contributed by atoms with Crippen LogP contribution in [0.4, 0.5) is 5.69 Å². The molecular weight excluding hydrogens is 315 g/mol. The van der Waals surface area contributed by atoms with Crippen LogP contribution in [-0.4, -0.2) is 18.5 Å². The summed E-state index contributed by atoms with van der Waals surface area (Å²) in [6, 6.07) is 3.19. The molecule has 0 aliphatic carbocycles. The average Bonchev–Trinajstić information content (AvgIpc) is 2.43. The van der Waals surface area contributed by atoms with Gasteiger partial charge in [0, 0.05) is 28.5 Å². The van der Waals surface area contributed by atoms with Crippen LogP contribution in [0, 0.1) is 0 Å². The Hall–Kier alpha value is -0.290. The molecule has 0 radical (unpaired) electrons. The first kappa shape index (κ1) is 12.2. The van der Waals surface area contributed by atoms with E-state index < -0.39 is 0 Å². The van der Waals surface area contributed by atoms with Crippen molar-refractivity contribution in [2.24, 2.45) is 5.73 Å². The number of nitrogens with two attached hydrogens (primary N) is 1. The lowest BCUT2D eigenvalue weighted by molar-refractivity contribution is -0.117. The van der Waals surface area contributed by atoms with Crippen LogP contribution < -0.4 is 10.6 Å². The molecule has 16 heavy (non-hydrogen) atoms. The second-order valence-electron chi connectivity index (χ2n) is 3.69. The van der Waals surface area contributed by atoms with Gasteiger partial charge in [0.25, 0.3) is 0 Å². The minimum atomic E-state index is -0.133. The molecule has 1 aliphatic rings. The molecule has 0 bridgehead atoms. The summed E-state index contributed by atoms with van der Waals surface area (Å²) in [4.78, 5) is 13.3. The van der Waals surface area contributed by atoms with Crippen molar-refractivity contribution in [3.63, 3.8) is 0 Å². The smallest absolute Gasteiger partial charge is 0.228 e. The highest BCUT2D eigenvalue weighted by Crippen LogP contribution is 2.38. The normalized spacial score (nSPS) is 20.6. The van der Waals surface area contributed by atoms with Crippen LogP contribution in [0.15, 0.2) is 16.6 Å². The standard InChI is InChI=1S/C10H9BrCl2N2O/c11-7-1-5(12)2-8(13)10(7)15-4-6(14)3-9(15)16/h1-2,6H,3-4,14H2. The quantitative estimate of drug-likeness (QED) is 0.863. The van der Waals surface area contributed by atoms with Gasteiger partial charge in [-0.3, -0.25) is 4.79 Å². The van der Waals surface area contributed by atoms with Gasteiger partial charge in [-0.15, -0.1) is 0 Å². The van der Waals surface area contributed by atoms with Crippen LogP contribution in [0.1, 0.15) is 6.42 Å². The van der Waals surface area contributed by atoms with Crippen molar-refractivity contribution in [3.05, 3.63) is 26.7 Å². The highest BCUT2D eigenvalue weighted by atomic mass is 79.9. The number of halogens is 3. The molecule has 1 amide bonds. The van der Waals surface area contributed by atoms with E-state index >= 15 is 0 Å². The van der Waals surface area contributed by atoms with Gasteiger partial charge in [0.05, 0.1) is 10.7 Å². The predicted octanol–water partition coefficient (Wildman–Crippen LogP) is 2.82. The van der Waals surface area contributed by atoms with Gasteiger partial charge in [0.2, 0.25) is 5.91 Å². The fourth-order valence-electron chi connectivity index (χ4n) is 1.74. The summed E-state index contributed by atoms with van der Waals surface area (Å²) in [6.45, 7) is 0.485. The minimum Gasteiger partial charge on any atom is -0.326 e. The zero-order valence-corrected chi connectivity index (χ0v) is 11.3. The van der Waals surface area contributed by atoms with Gasteiger partial charge < -0.3 is 10.6 Å². The van der Waals surface area contributed by atoms with E-state index in [0.29, 0.717) is 33.2 Å². The van der Waals surface area contributed by atoms with Gasteiger partial charge in [-0.1, -0.05) is 23.2 Å². The Balaban J connectivity index is 2.44. The van der Waals surface area contributed by atoms with E-state index in [0.717, 1.165) is 0 Å². The van der Waals surface area contributed by atoms with Crippen LogP contribution in [-0.2, 0) is 4.79 Å². The van der Waals surface area contributed by atoms with Crippen molar-refractivity contribution in [2.45, 2.75) is 12.5 Å². The third kappa shape index (κ3) is 2.20. The number of hydrogen-bond acceptors (Lipinski definition) is 2. The Bertz CT molecular complexity index is 429. The first-order chi connectivity index (χ1) is 7.49. The lowest BCUT2D eigenvalue weighted by Crippen LogP contribution is -2.28. The zero-order chi connectivity index (χ0) is 11.9. The molecule has 86 valence electrons. The molecule has 0 aromatic heterocycles. The molecule has 2 rings (SSSR count). The van der Waals surface area contributed by atoms with E-state index in [1.807, 2.05) is 0 Å². The molecular formula is C10H9BrCl2N2O. The molecule has 1 aromatic carbocycles. The van der Waals surface area contributed by atoms with E-state index in [1.54, 1.807) is 17.0 Å². The molecule has 3 nitrogen and oxygen atoms in total. The Kier molecular flexibility index (Phi) is 3.45. The number of amides is 1. The molecule has 6 heteroatoms. The van der Waals surface area contributed by atoms with Crippen molar-refractivity contribution in [3.8, 4) is 0 Å². The van der Waals surface area contributed by atoms with Crippen molar-refractivity contribution < 1.29 is 4.79 Å². The van der Waals surface area contributed by atoms with Crippen LogP contribution in [0.3, 0.4) is 0 Å². The van der Waals surface area contributed by atoms with Crippen molar-refractivity contribution in [2.75, 3.05) is 11.4 Å². The van der Waals surface area contributed by atoms with Gasteiger partial charge in [0.1, 0.15) is 0 Å². The summed E-state index contributed by atoms with van der Waals surface area (Å²) >= 11 is 15.3. The van der Waals surface area contributed by atoms with Gasteiger partial charge in [-0.2, -0.15) is 0 Å². The van der Waals surface area contributed by atoms with E-state index in [2.05, 4.69) is 15.9 Å². The molecule has 1 aromatic rings. The van der Waals surface area contributed by atoms with E-state index in [9.17, 15) is 4.79 Å². The van der Waals surface area contributed by atoms with E-state index in [1.165, 1.54) is 0 Å².